The number of para-hydroxylation sites is 4. The maximum Gasteiger partial charge on any atom is 0.0979 e. The molecule has 6 heterocycles. The number of benzene rings is 16. The van der Waals surface area contributed by atoms with Crippen molar-refractivity contribution in [3.63, 3.8) is 0 Å². The topological polar surface area (TPSA) is 60.4 Å². The second-order valence-corrected chi connectivity index (χ2v) is 27.0. The van der Waals surface area contributed by atoms with E-state index in [1.165, 1.54) is 148 Å². The highest BCUT2D eigenvalue weighted by molar-refractivity contribution is 6.27. The van der Waals surface area contributed by atoms with Crippen LogP contribution in [0.3, 0.4) is 0 Å². The molecule has 22 rings (SSSR count). The molecule has 0 radical (unpaired) electrons. The van der Waals surface area contributed by atoms with Crippen molar-refractivity contribution >= 4 is 141 Å². The Morgan fingerprint density at radius 3 is 0.990 bits per heavy atom. The van der Waals surface area contributed by atoms with Gasteiger partial charge in [0, 0.05) is 75.8 Å². The van der Waals surface area contributed by atoms with Gasteiger partial charge in [-0.3, -0.25) is 9.97 Å². The van der Waals surface area contributed by atoms with Gasteiger partial charge in [-0.15, -0.1) is 0 Å². The highest BCUT2D eigenvalue weighted by atomic mass is 14.9. The minimum atomic E-state index is 0.857. The van der Waals surface area contributed by atoms with Gasteiger partial charge in [-0.1, -0.05) is 266 Å². The summed E-state index contributed by atoms with van der Waals surface area (Å²) in [4.78, 5) is 20.8. The number of fused-ring (bicyclic) bond motifs is 24. The summed E-state index contributed by atoms with van der Waals surface area (Å²) in [5, 5.41) is 19.7. The summed E-state index contributed by atoms with van der Waals surface area (Å²) in [6, 6.07) is 110. The number of aryl methyl sites for hydroxylation is 2. The summed E-state index contributed by atoms with van der Waals surface area (Å²) in [5.41, 5.74) is 27.1. The van der Waals surface area contributed by atoms with Gasteiger partial charge in [-0.05, 0) is 128 Å². The Hall–Kier alpha value is -13.2. The van der Waals surface area contributed by atoms with Crippen LogP contribution in [0, 0.1) is 13.8 Å². The summed E-state index contributed by atoms with van der Waals surface area (Å²) < 4.78 is 4.86. The fourth-order valence-electron chi connectivity index (χ4n) is 16.5. The van der Waals surface area contributed by atoms with Gasteiger partial charge in [-0.25, -0.2) is 9.97 Å². The molecule has 0 amide bonds. The molecule has 0 bridgehead atoms. The van der Waals surface area contributed by atoms with E-state index in [0.717, 1.165) is 71.7 Å². The Kier molecular flexibility index (Phi) is 12.1. The molecule has 0 unspecified atom stereocenters. The second-order valence-electron chi connectivity index (χ2n) is 27.0. The van der Waals surface area contributed by atoms with Crippen LogP contribution in [0.2, 0.25) is 0 Å². The highest BCUT2D eigenvalue weighted by Gasteiger charge is 2.22. The normalized spacial score (nSPS) is 12.1. The van der Waals surface area contributed by atoms with E-state index in [2.05, 4.69) is 326 Å². The van der Waals surface area contributed by atoms with Crippen molar-refractivity contribution in [3.05, 3.63) is 327 Å². The lowest BCUT2D eigenvalue weighted by atomic mass is 9.93. The van der Waals surface area contributed by atoms with Crippen molar-refractivity contribution in [2.24, 2.45) is 0 Å². The van der Waals surface area contributed by atoms with Crippen molar-refractivity contribution in [1.29, 1.82) is 0 Å². The van der Waals surface area contributed by atoms with Crippen molar-refractivity contribution < 1.29 is 0 Å². The Morgan fingerprint density at radius 1 is 0.200 bits per heavy atom. The third kappa shape index (κ3) is 8.50. The van der Waals surface area contributed by atoms with Gasteiger partial charge in [0.25, 0.3) is 0 Å². The third-order valence-corrected chi connectivity index (χ3v) is 21.2. The highest BCUT2D eigenvalue weighted by Crippen LogP contribution is 2.45. The average molecular weight is 1270 g/mol. The van der Waals surface area contributed by atoms with E-state index in [9.17, 15) is 0 Å². The maximum absolute atomic E-state index is 5.41. The maximum atomic E-state index is 5.41. The van der Waals surface area contributed by atoms with Gasteiger partial charge < -0.3 is 8.80 Å². The van der Waals surface area contributed by atoms with Crippen LogP contribution in [0.5, 0.6) is 0 Å². The first kappa shape index (κ1) is 56.1. The number of hydrogen-bond donors (Lipinski definition) is 0. The van der Waals surface area contributed by atoms with Gasteiger partial charge in [0.2, 0.25) is 0 Å². The molecule has 6 aromatic heterocycles. The average Bonchev–Trinajstić information content (AvgIpc) is 1.52. The molecule has 0 atom stereocenters. The van der Waals surface area contributed by atoms with Crippen LogP contribution in [0.4, 0.5) is 0 Å². The molecule has 16 aromatic carbocycles. The van der Waals surface area contributed by atoms with Crippen molar-refractivity contribution in [1.82, 2.24) is 28.7 Å². The van der Waals surface area contributed by atoms with Crippen LogP contribution in [-0.4, -0.2) is 28.7 Å². The van der Waals surface area contributed by atoms with E-state index in [4.69, 9.17) is 19.9 Å². The molecule has 100 heavy (non-hydrogen) atoms. The molecule has 6 heteroatoms. The first-order valence-corrected chi connectivity index (χ1v) is 34.3. The number of hydrogen-bond acceptors (Lipinski definition) is 4. The lowest BCUT2D eigenvalue weighted by molar-refractivity contribution is 1.31. The fourth-order valence-corrected chi connectivity index (χ4v) is 16.5. The van der Waals surface area contributed by atoms with E-state index < -0.39 is 0 Å². The van der Waals surface area contributed by atoms with Crippen LogP contribution in [-0.2, 0) is 0 Å². The van der Waals surface area contributed by atoms with Gasteiger partial charge in [0.1, 0.15) is 0 Å². The van der Waals surface area contributed by atoms with Gasteiger partial charge in [0.05, 0.1) is 78.9 Å². The molecule has 0 aliphatic heterocycles. The molecule has 0 saturated heterocycles. The fraction of sp³-hybridized carbons (Fsp3) is 0.0213. The van der Waals surface area contributed by atoms with Gasteiger partial charge in [-0.2, -0.15) is 0 Å². The number of nitrogens with zero attached hydrogens (tertiary/aromatic N) is 6. The zero-order chi connectivity index (χ0) is 65.8. The number of aromatic nitrogens is 6. The summed E-state index contributed by atoms with van der Waals surface area (Å²) in [6.07, 6.45) is 3.86. The Balaban J connectivity index is 0.000000134. The molecule has 0 aliphatic carbocycles. The van der Waals surface area contributed by atoms with Crippen molar-refractivity contribution in [3.8, 4) is 67.0 Å². The standard InChI is InChI=1S/C52H31N3.C42H27N3/c1-3-10-32(11-4-1)36-22-25-39-40-26-23-37(33-12-5-2-6-13-33)30-46(40)51-50(45(39)29-36)53-31-47(54-51)35-20-18-34(19-21-35)38-24-27-49-44(28-38)43-16-9-15-42-41-14-7-8-17-48(41)55(49)52(42)43;1-24-10-17-30-34(20-24)35-21-25(2)11-18-31(35)41-40(30)43-23-37(44-41)27-14-12-26(13-15-27)28-16-19-39-36(22-28)33-8-5-7-32-29-6-3-4-9-38(29)45(39)42(32)33/h1-31H;3-23H,1-2H3. The van der Waals surface area contributed by atoms with Crippen LogP contribution in [0.15, 0.2) is 316 Å². The van der Waals surface area contributed by atoms with Crippen LogP contribution < -0.4 is 0 Å². The van der Waals surface area contributed by atoms with Crippen molar-refractivity contribution in [2.75, 3.05) is 0 Å². The zero-order valence-corrected chi connectivity index (χ0v) is 54.7. The predicted octanol–water partition coefficient (Wildman–Crippen LogP) is 24.8. The van der Waals surface area contributed by atoms with E-state index in [1.807, 2.05) is 12.4 Å². The molecule has 22 aromatic rings. The molecule has 0 spiro atoms. The summed E-state index contributed by atoms with van der Waals surface area (Å²) in [5.74, 6) is 0. The Labute approximate surface area is 574 Å². The molecule has 0 N–H and O–H groups in total. The van der Waals surface area contributed by atoms with E-state index in [1.54, 1.807) is 0 Å². The van der Waals surface area contributed by atoms with Gasteiger partial charge in [0.15, 0.2) is 0 Å². The molecule has 6 nitrogen and oxygen atoms in total. The summed E-state index contributed by atoms with van der Waals surface area (Å²) in [7, 11) is 0. The van der Waals surface area contributed by atoms with Crippen LogP contribution >= 0.6 is 0 Å². The lowest BCUT2D eigenvalue weighted by Gasteiger charge is -2.13. The first-order valence-electron chi connectivity index (χ1n) is 34.3. The van der Waals surface area contributed by atoms with Crippen LogP contribution in [0.25, 0.3) is 208 Å². The minimum Gasteiger partial charge on any atom is -0.308 e. The summed E-state index contributed by atoms with van der Waals surface area (Å²) >= 11 is 0. The predicted molar refractivity (Wildman–Crippen MR) is 421 cm³/mol. The molecule has 0 saturated carbocycles. The quantitative estimate of drug-likeness (QED) is 0.156. The first-order chi connectivity index (χ1) is 49.4. The monoisotopic (exact) mass is 1270 g/mol. The lowest BCUT2D eigenvalue weighted by Crippen LogP contribution is -1.93. The SMILES string of the molecule is Cc1ccc2c(c1)c1cc(C)ccc1c1nc(-c3ccc(-c4ccc5c(c4)c4cccc6c7ccccc7n5c64)cc3)cnc21.c1ccc(-c2ccc3c4ccc(-c5ccccc5)cc4c4nc(-c5ccc(-c6ccc7c(c6)c6cccc8c9ccccc9n7c86)cc5)cnc4c3c2)cc1. The Bertz CT molecular complexity index is 7130. The molecule has 0 fully saturated rings. The minimum absolute atomic E-state index is 0.857. The molecule has 464 valence electrons. The molecular weight excluding hydrogens is 1210 g/mol. The zero-order valence-electron chi connectivity index (χ0n) is 54.7. The summed E-state index contributed by atoms with van der Waals surface area (Å²) in [6.45, 7) is 4.29. The smallest absolute Gasteiger partial charge is 0.0979 e. The molecule has 0 aliphatic rings. The largest absolute Gasteiger partial charge is 0.308 e. The van der Waals surface area contributed by atoms with E-state index in [-0.39, 0.29) is 0 Å². The second kappa shape index (κ2) is 21.7. The van der Waals surface area contributed by atoms with Crippen LogP contribution in [0.1, 0.15) is 11.1 Å². The van der Waals surface area contributed by atoms with E-state index >= 15 is 0 Å². The van der Waals surface area contributed by atoms with Crippen molar-refractivity contribution in [2.45, 2.75) is 13.8 Å². The number of rotatable bonds is 6. The molecular formula is C94H58N6. The van der Waals surface area contributed by atoms with E-state index in [0.29, 0.717) is 0 Å². The van der Waals surface area contributed by atoms with Gasteiger partial charge >= 0.3 is 0 Å². The third-order valence-electron chi connectivity index (χ3n) is 21.2. The Morgan fingerprint density at radius 2 is 0.520 bits per heavy atom.